The number of thioether (sulfide) groups is 1. The van der Waals surface area contributed by atoms with Crippen LogP contribution in [0.2, 0.25) is 0 Å². The van der Waals surface area contributed by atoms with Crippen LogP contribution in [0.15, 0.2) is 30.5 Å². The molecule has 0 fully saturated rings. The predicted octanol–water partition coefficient (Wildman–Crippen LogP) is 1.43. The van der Waals surface area contributed by atoms with Crippen LogP contribution in [0, 0.1) is 5.92 Å². The molecule has 0 aliphatic rings. The summed E-state index contributed by atoms with van der Waals surface area (Å²) >= 11 is 1.41. The zero-order chi connectivity index (χ0) is 33.9. The lowest BCUT2D eigenvalue weighted by Crippen LogP contribution is -2.59. The van der Waals surface area contributed by atoms with Crippen molar-refractivity contribution in [2.24, 2.45) is 11.7 Å². The number of fused-ring (bicyclic) bond motifs is 1. The van der Waals surface area contributed by atoms with Crippen molar-refractivity contribution in [1.82, 2.24) is 26.3 Å². The number of carbonyl (C=O) groups is 6. The quantitative estimate of drug-likeness (QED) is 0.140. The van der Waals surface area contributed by atoms with Gasteiger partial charge >= 0.3 is 12.1 Å². The van der Waals surface area contributed by atoms with E-state index < -0.39 is 77.8 Å². The SMILES string of the molecule is CSCC[C@H](NC(=O)[C@H](Cc1c[nH]c2ccccc12)NC(=O)OC(C)(C)C)C(=O)N[C@@H](CC(=O)O)C(=O)N[C@@H](C(N)=O)C(C)C. The topological polar surface area (TPSA) is 222 Å². The van der Waals surface area contributed by atoms with Crippen LogP contribution in [-0.2, 0) is 35.1 Å². The molecule has 14 nitrogen and oxygen atoms in total. The van der Waals surface area contributed by atoms with Crippen LogP contribution in [0.5, 0.6) is 0 Å². The minimum atomic E-state index is -1.56. The Morgan fingerprint density at radius 1 is 0.933 bits per heavy atom. The fourth-order valence-electron chi connectivity index (χ4n) is 4.43. The van der Waals surface area contributed by atoms with Crippen molar-refractivity contribution in [2.75, 3.05) is 12.0 Å². The van der Waals surface area contributed by atoms with Gasteiger partial charge in [0.25, 0.3) is 0 Å². The standard InChI is InChI=1S/C30H44N6O8S/c1-16(2)24(25(31)39)36-28(42)22(14-23(37)38)34-26(40)20(11-12-45-6)33-27(41)21(35-29(43)44-30(3,4)5)13-17-15-32-19-10-8-7-9-18(17)19/h7-10,15-16,20-22,24,32H,11-14H2,1-6H3,(H2,31,39)(H,33,41)(H,34,40)(H,35,43)(H,36,42)(H,37,38)/t20-,21-,22-,24+/m0/s1. The molecule has 5 amide bonds. The lowest BCUT2D eigenvalue weighted by molar-refractivity contribution is -0.141. The number of carboxylic acids is 1. The average Bonchev–Trinajstić information content (AvgIpc) is 3.33. The second kappa shape index (κ2) is 16.7. The van der Waals surface area contributed by atoms with Gasteiger partial charge in [-0.2, -0.15) is 11.8 Å². The number of amides is 5. The number of ether oxygens (including phenoxy) is 1. The van der Waals surface area contributed by atoms with Gasteiger partial charge < -0.3 is 41.8 Å². The van der Waals surface area contributed by atoms with E-state index in [9.17, 15) is 33.9 Å². The smallest absolute Gasteiger partial charge is 0.408 e. The molecule has 0 bridgehead atoms. The van der Waals surface area contributed by atoms with Crippen molar-refractivity contribution in [3.63, 3.8) is 0 Å². The largest absolute Gasteiger partial charge is 0.481 e. The van der Waals surface area contributed by atoms with Gasteiger partial charge in [0, 0.05) is 23.5 Å². The number of nitrogens with one attached hydrogen (secondary N) is 5. The Morgan fingerprint density at radius 3 is 2.11 bits per heavy atom. The Hall–Kier alpha value is -4.27. The van der Waals surface area contributed by atoms with Gasteiger partial charge in [-0.25, -0.2) is 4.79 Å². The molecule has 1 aromatic carbocycles. The van der Waals surface area contributed by atoms with E-state index >= 15 is 0 Å². The summed E-state index contributed by atoms with van der Waals surface area (Å²) in [5.74, 6) is -4.59. The number of rotatable bonds is 16. The molecule has 0 aliphatic heterocycles. The maximum atomic E-state index is 13.7. The van der Waals surface area contributed by atoms with Crippen LogP contribution < -0.4 is 27.0 Å². The summed E-state index contributed by atoms with van der Waals surface area (Å²) in [5, 5.41) is 20.3. The molecular weight excluding hydrogens is 604 g/mol. The second-order valence-electron chi connectivity index (χ2n) is 11.9. The Balaban J connectivity index is 2.32. The monoisotopic (exact) mass is 648 g/mol. The lowest BCUT2D eigenvalue weighted by Gasteiger charge is -2.27. The van der Waals surface area contributed by atoms with Crippen molar-refractivity contribution in [3.05, 3.63) is 36.0 Å². The molecular formula is C30H44N6O8S. The van der Waals surface area contributed by atoms with Gasteiger partial charge in [-0.15, -0.1) is 0 Å². The van der Waals surface area contributed by atoms with Gasteiger partial charge in [-0.1, -0.05) is 32.0 Å². The van der Waals surface area contributed by atoms with Crippen molar-refractivity contribution in [1.29, 1.82) is 0 Å². The molecule has 4 atom stereocenters. The zero-order valence-electron chi connectivity index (χ0n) is 26.4. The number of benzene rings is 1. The number of aliphatic carboxylic acids is 1. The molecule has 248 valence electrons. The van der Waals surface area contributed by atoms with Crippen LogP contribution in [-0.4, -0.2) is 87.6 Å². The number of para-hydroxylation sites is 1. The first kappa shape index (κ1) is 36.9. The van der Waals surface area contributed by atoms with E-state index in [-0.39, 0.29) is 12.8 Å². The first-order valence-electron chi connectivity index (χ1n) is 14.5. The third-order valence-corrected chi connectivity index (χ3v) is 7.28. The van der Waals surface area contributed by atoms with Crippen molar-refractivity contribution < 1.29 is 38.6 Å². The number of carbonyl (C=O) groups excluding carboxylic acids is 5. The van der Waals surface area contributed by atoms with Crippen molar-refractivity contribution in [2.45, 2.75) is 83.6 Å². The van der Waals surface area contributed by atoms with E-state index in [1.54, 1.807) is 47.1 Å². The van der Waals surface area contributed by atoms with Crippen LogP contribution in [0.1, 0.15) is 53.0 Å². The second-order valence-corrected chi connectivity index (χ2v) is 12.9. The molecule has 15 heteroatoms. The molecule has 45 heavy (non-hydrogen) atoms. The summed E-state index contributed by atoms with van der Waals surface area (Å²) < 4.78 is 5.37. The molecule has 0 saturated heterocycles. The first-order chi connectivity index (χ1) is 21.0. The molecule has 8 N–H and O–H groups in total. The minimum Gasteiger partial charge on any atom is -0.481 e. The Kier molecular flexibility index (Phi) is 13.7. The van der Waals surface area contributed by atoms with Crippen molar-refractivity contribution in [3.8, 4) is 0 Å². The lowest BCUT2D eigenvalue weighted by atomic mass is 10.0. The summed E-state index contributed by atoms with van der Waals surface area (Å²) in [6.07, 6.45) is 2.10. The maximum absolute atomic E-state index is 13.7. The summed E-state index contributed by atoms with van der Waals surface area (Å²) in [6.45, 7) is 8.33. The summed E-state index contributed by atoms with van der Waals surface area (Å²) in [7, 11) is 0. The molecule has 2 rings (SSSR count). The van der Waals surface area contributed by atoms with Crippen LogP contribution in [0.4, 0.5) is 4.79 Å². The number of carboxylic acid groups (broad SMARTS) is 1. The summed E-state index contributed by atoms with van der Waals surface area (Å²) in [6, 6.07) is 2.42. The molecule has 0 saturated carbocycles. The molecule has 1 heterocycles. The normalized spacial score (nSPS) is 14.1. The Bertz CT molecular complexity index is 1370. The fourth-order valence-corrected chi connectivity index (χ4v) is 4.90. The highest BCUT2D eigenvalue weighted by atomic mass is 32.2. The number of nitrogens with two attached hydrogens (primary N) is 1. The van der Waals surface area contributed by atoms with E-state index in [1.165, 1.54) is 11.8 Å². The van der Waals surface area contributed by atoms with Gasteiger partial charge in [-0.05, 0) is 56.7 Å². The van der Waals surface area contributed by atoms with E-state index in [4.69, 9.17) is 10.5 Å². The van der Waals surface area contributed by atoms with Gasteiger partial charge in [0.15, 0.2) is 0 Å². The van der Waals surface area contributed by atoms with Crippen LogP contribution in [0.3, 0.4) is 0 Å². The van der Waals surface area contributed by atoms with E-state index in [2.05, 4.69) is 26.3 Å². The maximum Gasteiger partial charge on any atom is 0.408 e. The molecule has 0 unspecified atom stereocenters. The highest BCUT2D eigenvalue weighted by Crippen LogP contribution is 2.20. The molecule has 0 radical (unpaired) electrons. The Labute approximate surface area is 266 Å². The van der Waals surface area contributed by atoms with Crippen LogP contribution >= 0.6 is 11.8 Å². The van der Waals surface area contributed by atoms with Crippen molar-refractivity contribution >= 4 is 58.4 Å². The van der Waals surface area contributed by atoms with Gasteiger partial charge in [0.1, 0.15) is 29.8 Å². The number of hydrogen-bond donors (Lipinski definition) is 7. The average molecular weight is 649 g/mol. The van der Waals surface area contributed by atoms with E-state index in [1.807, 2.05) is 24.3 Å². The van der Waals surface area contributed by atoms with Gasteiger partial charge in [-0.3, -0.25) is 24.0 Å². The number of H-pyrrole nitrogens is 1. The predicted molar refractivity (Wildman–Crippen MR) is 170 cm³/mol. The fraction of sp³-hybridized carbons (Fsp3) is 0.533. The number of primary amides is 1. The van der Waals surface area contributed by atoms with E-state index in [0.717, 1.165) is 16.5 Å². The third-order valence-electron chi connectivity index (χ3n) is 6.63. The molecule has 2 aromatic rings. The summed E-state index contributed by atoms with van der Waals surface area (Å²) in [5.41, 5.74) is 6.10. The molecule has 1 aromatic heterocycles. The van der Waals surface area contributed by atoms with E-state index in [0.29, 0.717) is 5.75 Å². The number of hydrogen-bond acceptors (Lipinski definition) is 8. The highest BCUT2D eigenvalue weighted by molar-refractivity contribution is 7.98. The highest BCUT2D eigenvalue weighted by Gasteiger charge is 2.33. The third kappa shape index (κ3) is 12.0. The summed E-state index contributed by atoms with van der Waals surface area (Å²) in [4.78, 5) is 79.3. The minimum absolute atomic E-state index is 0.0553. The Morgan fingerprint density at radius 2 is 1.53 bits per heavy atom. The van der Waals surface area contributed by atoms with Gasteiger partial charge in [0.2, 0.25) is 23.6 Å². The first-order valence-corrected chi connectivity index (χ1v) is 15.9. The molecule has 0 spiro atoms. The number of alkyl carbamates (subject to hydrolysis) is 1. The molecule has 0 aliphatic carbocycles. The number of aromatic amines is 1. The van der Waals surface area contributed by atoms with Crippen LogP contribution in [0.25, 0.3) is 10.9 Å². The number of aromatic nitrogens is 1. The zero-order valence-corrected chi connectivity index (χ0v) is 27.2. The van der Waals surface area contributed by atoms with Gasteiger partial charge in [0.05, 0.1) is 6.42 Å².